The Kier molecular flexibility index (Phi) is 3.24. The highest BCUT2D eigenvalue weighted by Gasteiger charge is 2.52. The van der Waals surface area contributed by atoms with Crippen LogP contribution in [0.25, 0.3) is 10.9 Å². The van der Waals surface area contributed by atoms with E-state index in [-0.39, 0.29) is 0 Å². The lowest BCUT2D eigenvalue weighted by Gasteiger charge is -2.26. The molecular formula is C28H30F3NO5. The van der Waals surface area contributed by atoms with Crippen molar-refractivity contribution in [3.05, 3.63) is 58.9 Å². The summed E-state index contributed by atoms with van der Waals surface area (Å²) in [5.74, 6) is -5.72. The Balaban J connectivity index is 1.81. The van der Waals surface area contributed by atoms with Gasteiger partial charge in [0.1, 0.15) is 11.6 Å². The van der Waals surface area contributed by atoms with Crippen molar-refractivity contribution in [3.8, 4) is 11.5 Å². The third-order valence-electron chi connectivity index (χ3n) is 6.06. The Hall–Kier alpha value is -3.04. The molecule has 198 valence electrons. The minimum Gasteiger partial charge on any atom is -0.395 e. The summed E-state index contributed by atoms with van der Waals surface area (Å²) in [4.78, 5) is 14.2. The summed E-state index contributed by atoms with van der Waals surface area (Å²) < 4.78 is 172. The summed E-state index contributed by atoms with van der Waals surface area (Å²) in [7, 11) is 0. The SMILES string of the molecule is [2H]c1c([2H])c(C2(C(=O)Cc3c(F)c([2H])c4c(c3[2H])c([2H])c(C(C)(C)C([2H])([2H])C)n4C([2H])([2H])[C@@H](O)CO)C([2H])([2H])C2([2H])[2H])c([2H])c2c1OC(F)(F)O2. The highest BCUT2D eigenvalue weighted by Crippen LogP contribution is 2.52. The molecule has 5 rings (SSSR count). The van der Waals surface area contributed by atoms with Gasteiger partial charge in [-0.05, 0) is 60.5 Å². The number of rotatable bonds is 9. The summed E-state index contributed by atoms with van der Waals surface area (Å²) in [5.41, 5.74) is -8.88. The number of nitrogens with zero attached hydrogens (tertiary/aromatic N) is 1. The maximum Gasteiger partial charge on any atom is 0.586 e. The van der Waals surface area contributed by atoms with Gasteiger partial charge >= 0.3 is 6.29 Å². The fraction of sp³-hybridized carbons (Fsp3) is 0.464. The van der Waals surface area contributed by atoms with Crippen LogP contribution in [0.5, 0.6) is 11.5 Å². The fourth-order valence-corrected chi connectivity index (χ4v) is 3.77. The minimum absolute atomic E-state index is 0.429. The van der Waals surface area contributed by atoms with Crippen molar-refractivity contribution < 1.29 is 56.8 Å². The lowest BCUT2D eigenvalue weighted by Crippen LogP contribution is -2.26. The second-order valence-electron chi connectivity index (χ2n) is 8.95. The van der Waals surface area contributed by atoms with E-state index in [0.29, 0.717) is 4.57 Å². The Morgan fingerprint density at radius 2 is 1.95 bits per heavy atom. The molecule has 0 amide bonds. The average molecular weight is 532 g/mol. The van der Waals surface area contributed by atoms with Crippen LogP contribution in [-0.4, -0.2) is 39.6 Å². The van der Waals surface area contributed by atoms with Gasteiger partial charge in [-0.15, -0.1) is 8.78 Å². The maximum absolute atomic E-state index is 16.3. The van der Waals surface area contributed by atoms with Crippen molar-refractivity contribution in [3.63, 3.8) is 0 Å². The van der Waals surface area contributed by atoms with Crippen LogP contribution in [0.2, 0.25) is 0 Å². The molecule has 1 fully saturated rings. The van der Waals surface area contributed by atoms with E-state index in [2.05, 4.69) is 9.47 Å². The maximum atomic E-state index is 16.3. The first-order valence-electron chi connectivity index (χ1n) is 18.0. The van der Waals surface area contributed by atoms with Crippen molar-refractivity contribution in [2.45, 2.75) is 76.0 Å². The largest absolute Gasteiger partial charge is 0.586 e. The quantitative estimate of drug-likeness (QED) is 0.407. The highest BCUT2D eigenvalue weighted by molar-refractivity contribution is 5.95. The predicted octanol–water partition coefficient (Wildman–Crippen LogP) is 4.99. The summed E-state index contributed by atoms with van der Waals surface area (Å²) in [5, 5.41) is 19.3. The number of hydrogen-bond donors (Lipinski definition) is 2. The van der Waals surface area contributed by atoms with E-state index in [4.69, 9.17) is 19.2 Å². The van der Waals surface area contributed by atoms with Gasteiger partial charge in [-0.25, -0.2) is 4.39 Å². The highest BCUT2D eigenvalue weighted by atomic mass is 19.3. The molecular weight excluding hydrogens is 487 g/mol. The predicted molar refractivity (Wildman–Crippen MR) is 131 cm³/mol. The van der Waals surface area contributed by atoms with Gasteiger partial charge in [0.05, 0.1) is 41.1 Å². The molecule has 2 aliphatic rings. The fourth-order valence-electron chi connectivity index (χ4n) is 3.77. The molecule has 2 heterocycles. The number of hydrogen-bond acceptors (Lipinski definition) is 5. The lowest BCUT2D eigenvalue weighted by atomic mass is 9.86. The molecule has 2 N–H and O–H groups in total. The van der Waals surface area contributed by atoms with E-state index in [1.165, 1.54) is 13.8 Å². The molecule has 1 aliphatic carbocycles. The molecule has 0 unspecified atom stereocenters. The first-order valence-corrected chi connectivity index (χ1v) is 11.0. The van der Waals surface area contributed by atoms with E-state index in [1.807, 2.05) is 0 Å². The van der Waals surface area contributed by atoms with Gasteiger partial charge in [0.25, 0.3) is 0 Å². The molecule has 9 heteroatoms. The Morgan fingerprint density at radius 3 is 2.59 bits per heavy atom. The Bertz CT molecular complexity index is 2010. The summed E-state index contributed by atoms with van der Waals surface area (Å²) in [6, 6.07) is -7.00. The second-order valence-corrected chi connectivity index (χ2v) is 8.95. The molecule has 0 saturated heterocycles. The summed E-state index contributed by atoms with van der Waals surface area (Å²) in [6.07, 6.45) is -17.2. The molecule has 0 spiro atoms. The van der Waals surface area contributed by atoms with Gasteiger partial charge in [0.2, 0.25) is 0 Å². The van der Waals surface area contributed by atoms with Gasteiger partial charge < -0.3 is 24.3 Å². The first kappa shape index (κ1) is 13.7. The van der Waals surface area contributed by atoms with Crippen molar-refractivity contribution in [2.75, 3.05) is 6.61 Å². The van der Waals surface area contributed by atoms with Crippen molar-refractivity contribution in [1.82, 2.24) is 4.57 Å². The van der Waals surface area contributed by atoms with Gasteiger partial charge in [-0.1, -0.05) is 26.8 Å². The standard InChI is InChI=1S/C28H30F3NO5/c1-4-26(2,3)24-10-17-9-16(20(29)13-21(17)32(24)14-19(34)15-33)11-25(35)27(7-8-27)18-5-6-22-23(12-18)37-28(30,31)36-22/h5-6,9-10,12-13,19,33-34H,4,7-8,11,14-15H2,1-3H3/t19-/m1/s1/i4D2,5D,6D,7D2,8D2,9D,10D,12D,13D,14D2. The summed E-state index contributed by atoms with van der Waals surface area (Å²) >= 11 is 0. The van der Waals surface area contributed by atoms with Crippen LogP contribution in [0, 0.1) is 5.82 Å². The number of alkyl halides is 2. The number of benzene rings is 2. The molecule has 0 radical (unpaired) electrons. The van der Waals surface area contributed by atoms with Crippen molar-refractivity contribution in [1.29, 1.82) is 0 Å². The van der Waals surface area contributed by atoms with Crippen molar-refractivity contribution in [2.24, 2.45) is 0 Å². The molecule has 2 aromatic carbocycles. The molecule has 37 heavy (non-hydrogen) atoms. The van der Waals surface area contributed by atoms with Crippen LogP contribution in [0.1, 0.15) is 75.9 Å². The number of carbonyl (C=O) groups excluding carboxylic acids is 1. The zero-order valence-electron chi connectivity index (χ0n) is 33.7. The van der Waals surface area contributed by atoms with Gasteiger partial charge in [0, 0.05) is 31.1 Å². The first-order chi connectivity index (χ1) is 22.9. The van der Waals surface area contributed by atoms with Crippen LogP contribution >= 0.6 is 0 Å². The van der Waals surface area contributed by atoms with Gasteiger partial charge in [0.15, 0.2) is 11.5 Å². The average Bonchev–Trinajstić information content (AvgIpc) is 3.31. The Morgan fingerprint density at radius 1 is 1.24 bits per heavy atom. The van der Waals surface area contributed by atoms with Gasteiger partial charge in [-0.3, -0.25) is 4.79 Å². The topological polar surface area (TPSA) is 80.9 Å². The monoisotopic (exact) mass is 531 g/mol. The number of carbonyl (C=O) groups is 1. The van der Waals surface area contributed by atoms with Crippen LogP contribution in [-0.2, 0) is 28.5 Å². The molecule has 1 saturated carbocycles. The van der Waals surface area contributed by atoms with Crippen molar-refractivity contribution >= 4 is 16.7 Å². The number of Topliss-reactive ketones (excluding diaryl/α,β-unsaturated/α-hetero) is 1. The molecule has 1 aliphatic heterocycles. The van der Waals surface area contributed by atoms with Crippen LogP contribution < -0.4 is 9.47 Å². The number of halogens is 3. The summed E-state index contributed by atoms with van der Waals surface area (Å²) in [6.45, 7) is -0.873. The smallest absolute Gasteiger partial charge is 0.395 e. The molecule has 6 nitrogen and oxygen atoms in total. The zero-order chi connectivity index (χ0) is 39.1. The van der Waals surface area contributed by atoms with E-state index >= 15 is 4.39 Å². The van der Waals surface area contributed by atoms with E-state index in [1.54, 1.807) is 0 Å². The van der Waals surface area contributed by atoms with E-state index < -0.39 is 149 Å². The number of ketones is 1. The normalized spacial score (nSPS) is 27.2. The number of ether oxygens (including phenoxy) is 2. The molecule has 0 bridgehead atoms. The van der Waals surface area contributed by atoms with E-state index in [9.17, 15) is 23.8 Å². The number of fused-ring (bicyclic) bond motifs is 2. The third kappa shape index (κ3) is 4.48. The van der Waals surface area contributed by atoms with Crippen LogP contribution in [0.4, 0.5) is 13.2 Å². The third-order valence-corrected chi connectivity index (χ3v) is 6.06. The van der Waals surface area contributed by atoms with Gasteiger partial charge in [-0.2, -0.15) is 0 Å². The molecule has 1 atom stereocenters. The minimum atomic E-state index is -4.45. The lowest BCUT2D eigenvalue weighted by molar-refractivity contribution is -0.286. The van der Waals surface area contributed by atoms with E-state index in [0.717, 1.165) is 6.92 Å². The van der Waals surface area contributed by atoms with Crippen LogP contribution in [0.15, 0.2) is 36.3 Å². The zero-order valence-corrected chi connectivity index (χ0v) is 19.7. The number of aromatic nitrogens is 1. The molecule has 1 aromatic heterocycles. The number of aliphatic hydroxyl groups excluding tert-OH is 2. The number of aliphatic hydroxyl groups is 2. The van der Waals surface area contributed by atoms with Crippen LogP contribution in [0.3, 0.4) is 0 Å². The Labute approximate surface area is 232 Å². The second kappa shape index (κ2) is 8.77. The molecule has 3 aromatic rings.